The lowest BCUT2D eigenvalue weighted by Gasteiger charge is -2.41. The van der Waals surface area contributed by atoms with Crippen molar-refractivity contribution in [3.63, 3.8) is 0 Å². The third-order valence-electron chi connectivity index (χ3n) is 3.55. The summed E-state index contributed by atoms with van der Waals surface area (Å²) in [5.74, 6) is -1.55. The summed E-state index contributed by atoms with van der Waals surface area (Å²) in [6, 6.07) is 4.25. The number of rotatable bonds is 3. The molecule has 1 atom stereocenters. The molecule has 2 rings (SSSR count). The number of benzene rings is 1. The van der Waals surface area contributed by atoms with Gasteiger partial charge >= 0.3 is 0 Å². The first-order valence-corrected chi connectivity index (χ1v) is 6.39. The molecule has 0 radical (unpaired) electrons. The summed E-state index contributed by atoms with van der Waals surface area (Å²) in [6.07, 6.45) is 3.20. The van der Waals surface area contributed by atoms with E-state index in [4.69, 9.17) is 0 Å². The molecule has 1 heterocycles. The van der Waals surface area contributed by atoms with E-state index in [0.29, 0.717) is 0 Å². The molecule has 1 aromatic rings. The first kappa shape index (κ1) is 13.4. The van der Waals surface area contributed by atoms with Crippen LogP contribution in [0.2, 0.25) is 0 Å². The van der Waals surface area contributed by atoms with Crippen molar-refractivity contribution in [2.24, 2.45) is 0 Å². The molecule has 0 aliphatic carbocycles. The predicted molar refractivity (Wildman–Crippen MR) is 68.4 cm³/mol. The lowest BCUT2D eigenvalue weighted by atomic mass is 9.82. The average molecular weight is 254 g/mol. The van der Waals surface area contributed by atoms with E-state index in [9.17, 15) is 8.78 Å². The van der Waals surface area contributed by atoms with Gasteiger partial charge in [0.15, 0.2) is 11.6 Å². The Hall–Kier alpha value is -1.00. The summed E-state index contributed by atoms with van der Waals surface area (Å²) in [4.78, 5) is 2.08. The summed E-state index contributed by atoms with van der Waals surface area (Å²) in [5, 5.41) is 3.50. The van der Waals surface area contributed by atoms with Crippen molar-refractivity contribution in [3.8, 4) is 0 Å². The van der Waals surface area contributed by atoms with Crippen molar-refractivity contribution < 1.29 is 8.78 Å². The number of hydrogen-bond donors (Lipinski definition) is 1. The van der Waals surface area contributed by atoms with Crippen LogP contribution < -0.4 is 5.32 Å². The molecule has 0 saturated carbocycles. The SMILES string of the molecule is CN(C)CC1(c2ccc(F)c(F)c2)CCCCN1. The van der Waals surface area contributed by atoms with Gasteiger partial charge in [-0.15, -0.1) is 0 Å². The van der Waals surface area contributed by atoms with Crippen molar-refractivity contribution in [1.29, 1.82) is 0 Å². The minimum Gasteiger partial charge on any atom is -0.307 e. The molecule has 1 saturated heterocycles. The fraction of sp³-hybridized carbons (Fsp3) is 0.571. The second-order valence-electron chi connectivity index (χ2n) is 5.33. The molecule has 0 amide bonds. The normalized spacial score (nSPS) is 24.5. The molecule has 18 heavy (non-hydrogen) atoms. The van der Waals surface area contributed by atoms with Gasteiger partial charge < -0.3 is 10.2 Å². The molecule has 1 N–H and O–H groups in total. The van der Waals surface area contributed by atoms with Crippen molar-refractivity contribution in [1.82, 2.24) is 10.2 Å². The van der Waals surface area contributed by atoms with Crippen molar-refractivity contribution >= 4 is 0 Å². The lowest BCUT2D eigenvalue weighted by Crippen LogP contribution is -2.52. The Labute approximate surface area is 107 Å². The van der Waals surface area contributed by atoms with Crippen LogP contribution in [0.5, 0.6) is 0 Å². The fourth-order valence-electron chi connectivity index (χ4n) is 2.77. The van der Waals surface area contributed by atoms with Gasteiger partial charge in [-0.05, 0) is 57.6 Å². The molecule has 1 unspecified atom stereocenters. The van der Waals surface area contributed by atoms with Crippen LogP contribution in [0.3, 0.4) is 0 Å². The minimum atomic E-state index is -0.783. The molecular weight excluding hydrogens is 234 g/mol. The Morgan fingerprint density at radius 1 is 1.22 bits per heavy atom. The van der Waals surface area contributed by atoms with Crippen LogP contribution in [0.15, 0.2) is 18.2 Å². The maximum atomic E-state index is 13.4. The van der Waals surface area contributed by atoms with Crippen LogP contribution >= 0.6 is 0 Å². The van der Waals surface area contributed by atoms with E-state index in [2.05, 4.69) is 10.2 Å². The Kier molecular flexibility index (Phi) is 3.97. The molecule has 100 valence electrons. The third kappa shape index (κ3) is 2.70. The van der Waals surface area contributed by atoms with Crippen LogP contribution in [0.1, 0.15) is 24.8 Å². The van der Waals surface area contributed by atoms with Crippen LogP contribution in [-0.2, 0) is 5.54 Å². The zero-order chi connectivity index (χ0) is 13.2. The Morgan fingerprint density at radius 3 is 2.56 bits per heavy atom. The summed E-state index contributed by atoms with van der Waals surface area (Å²) < 4.78 is 26.5. The quantitative estimate of drug-likeness (QED) is 0.891. The molecule has 0 bridgehead atoms. The van der Waals surface area contributed by atoms with E-state index >= 15 is 0 Å². The van der Waals surface area contributed by atoms with E-state index in [1.54, 1.807) is 6.07 Å². The number of hydrogen-bond acceptors (Lipinski definition) is 2. The van der Waals surface area contributed by atoms with Gasteiger partial charge in [0.2, 0.25) is 0 Å². The molecular formula is C14H20F2N2. The second kappa shape index (κ2) is 5.33. The zero-order valence-electron chi connectivity index (χ0n) is 11.0. The number of nitrogens with zero attached hydrogens (tertiary/aromatic N) is 1. The molecule has 2 nitrogen and oxygen atoms in total. The molecule has 1 aliphatic heterocycles. The number of likely N-dealkylation sites (N-methyl/N-ethyl adjacent to an activating group) is 1. The monoisotopic (exact) mass is 254 g/mol. The first-order chi connectivity index (χ1) is 8.53. The molecule has 4 heteroatoms. The number of nitrogens with one attached hydrogen (secondary N) is 1. The van der Waals surface area contributed by atoms with Crippen molar-refractivity contribution in [3.05, 3.63) is 35.4 Å². The third-order valence-corrected chi connectivity index (χ3v) is 3.55. The van der Waals surface area contributed by atoms with Crippen molar-refractivity contribution in [2.75, 3.05) is 27.2 Å². The Morgan fingerprint density at radius 2 is 2.00 bits per heavy atom. The van der Waals surface area contributed by atoms with Crippen molar-refractivity contribution in [2.45, 2.75) is 24.8 Å². The van der Waals surface area contributed by atoms with E-state index in [1.165, 1.54) is 12.1 Å². The molecule has 0 spiro atoms. The fourth-order valence-corrected chi connectivity index (χ4v) is 2.77. The van der Waals surface area contributed by atoms with Gasteiger partial charge in [0.25, 0.3) is 0 Å². The molecule has 0 aromatic heterocycles. The van der Waals surface area contributed by atoms with Gasteiger partial charge in [-0.25, -0.2) is 8.78 Å². The van der Waals surface area contributed by atoms with Crippen LogP contribution in [0.25, 0.3) is 0 Å². The molecule has 1 aliphatic rings. The van der Waals surface area contributed by atoms with E-state index in [-0.39, 0.29) is 5.54 Å². The average Bonchev–Trinajstić information content (AvgIpc) is 2.33. The second-order valence-corrected chi connectivity index (χ2v) is 5.33. The van der Waals surface area contributed by atoms with Gasteiger partial charge in [0.05, 0.1) is 5.54 Å². The summed E-state index contributed by atoms with van der Waals surface area (Å²) in [7, 11) is 4.00. The topological polar surface area (TPSA) is 15.3 Å². The van der Waals surface area contributed by atoms with E-state index in [0.717, 1.165) is 37.9 Å². The Bertz CT molecular complexity index is 412. The maximum Gasteiger partial charge on any atom is 0.159 e. The van der Waals surface area contributed by atoms with Crippen LogP contribution in [0, 0.1) is 11.6 Å². The minimum absolute atomic E-state index is 0.254. The van der Waals surface area contributed by atoms with Crippen LogP contribution in [-0.4, -0.2) is 32.1 Å². The number of halogens is 2. The highest BCUT2D eigenvalue weighted by Crippen LogP contribution is 2.31. The van der Waals surface area contributed by atoms with Crippen LogP contribution in [0.4, 0.5) is 8.78 Å². The first-order valence-electron chi connectivity index (χ1n) is 6.39. The largest absolute Gasteiger partial charge is 0.307 e. The van der Waals surface area contributed by atoms with Gasteiger partial charge in [0, 0.05) is 6.54 Å². The standard InChI is InChI=1S/C14H20F2N2/c1-18(2)10-14(7-3-4-8-17-14)11-5-6-12(15)13(16)9-11/h5-6,9,17H,3-4,7-8,10H2,1-2H3. The summed E-state index contributed by atoms with van der Waals surface area (Å²) >= 11 is 0. The summed E-state index contributed by atoms with van der Waals surface area (Å²) in [6.45, 7) is 1.71. The van der Waals surface area contributed by atoms with Gasteiger partial charge in [-0.3, -0.25) is 0 Å². The zero-order valence-corrected chi connectivity index (χ0v) is 11.0. The maximum absolute atomic E-state index is 13.4. The highest BCUT2D eigenvalue weighted by atomic mass is 19.2. The van der Waals surface area contributed by atoms with E-state index in [1.807, 2.05) is 14.1 Å². The smallest absolute Gasteiger partial charge is 0.159 e. The predicted octanol–water partition coefficient (Wildman–Crippen LogP) is 2.50. The Balaban J connectivity index is 2.35. The lowest BCUT2D eigenvalue weighted by molar-refractivity contribution is 0.189. The van der Waals surface area contributed by atoms with Gasteiger partial charge in [-0.1, -0.05) is 6.07 Å². The van der Waals surface area contributed by atoms with Gasteiger partial charge in [-0.2, -0.15) is 0 Å². The highest BCUT2D eigenvalue weighted by Gasteiger charge is 2.34. The molecule has 1 fully saturated rings. The highest BCUT2D eigenvalue weighted by molar-refractivity contribution is 5.27. The van der Waals surface area contributed by atoms with Gasteiger partial charge in [0.1, 0.15) is 0 Å². The molecule has 1 aromatic carbocycles. The summed E-state index contributed by atoms with van der Waals surface area (Å²) in [5.41, 5.74) is 0.589. The van der Waals surface area contributed by atoms with E-state index < -0.39 is 11.6 Å². The number of piperidine rings is 1.